The third-order valence-electron chi connectivity index (χ3n) is 6.02. The van der Waals surface area contributed by atoms with Gasteiger partial charge in [0.1, 0.15) is 11.4 Å². The lowest BCUT2D eigenvalue weighted by molar-refractivity contribution is 0.0966. The van der Waals surface area contributed by atoms with E-state index < -0.39 is 16.1 Å². The normalized spacial score (nSPS) is 26.3. The third kappa shape index (κ3) is 3.94. The zero-order valence-electron chi connectivity index (χ0n) is 15.6. The number of carbonyl (C=O) groups excluding carboxylic acids is 1. The molecule has 1 N–H and O–H groups in total. The molecule has 0 radical (unpaired) electrons. The molecule has 2 aliphatic carbocycles. The van der Waals surface area contributed by atoms with Crippen molar-refractivity contribution in [3.8, 4) is 5.75 Å². The zero-order valence-corrected chi connectivity index (χ0v) is 16.4. The van der Waals surface area contributed by atoms with Gasteiger partial charge in [-0.3, -0.25) is 4.79 Å². The summed E-state index contributed by atoms with van der Waals surface area (Å²) in [6.07, 6.45) is 7.57. The molecular formula is C18H26N4O4S. The number of aromatic nitrogens is 2. The molecule has 2 heterocycles. The van der Waals surface area contributed by atoms with E-state index in [1.807, 2.05) is 0 Å². The molecule has 1 aromatic heterocycles. The van der Waals surface area contributed by atoms with Gasteiger partial charge in [0.2, 0.25) is 0 Å². The molecule has 3 aliphatic rings. The molecular weight excluding hydrogens is 368 g/mol. The van der Waals surface area contributed by atoms with Crippen molar-refractivity contribution in [1.82, 2.24) is 19.2 Å². The quantitative estimate of drug-likeness (QED) is 0.818. The number of nitrogens with one attached hydrogen (secondary N) is 1. The number of hydrogen-bond acceptors (Lipinski definition) is 6. The Morgan fingerprint density at radius 2 is 1.89 bits per heavy atom. The molecule has 0 bridgehead atoms. The van der Waals surface area contributed by atoms with E-state index in [1.165, 1.54) is 30.3 Å². The largest absolute Gasteiger partial charge is 0.495 e. The minimum Gasteiger partial charge on any atom is -0.495 e. The molecule has 9 heteroatoms. The van der Waals surface area contributed by atoms with Crippen LogP contribution in [0.2, 0.25) is 0 Å². The van der Waals surface area contributed by atoms with Crippen LogP contribution in [0.4, 0.5) is 0 Å². The van der Waals surface area contributed by atoms with E-state index in [1.54, 1.807) is 0 Å². The number of rotatable bonds is 5. The van der Waals surface area contributed by atoms with Crippen LogP contribution >= 0.6 is 0 Å². The molecule has 1 aliphatic heterocycles. The molecule has 1 aromatic rings. The van der Waals surface area contributed by atoms with Crippen LogP contribution in [-0.2, 0) is 10.2 Å². The van der Waals surface area contributed by atoms with Crippen molar-refractivity contribution in [3.63, 3.8) is 0 Å². The van der Waals surface area contributed by atoms with Crippen molar-refractivity contribution >= 4 is 16.1 Å². The molecule has 0 aromatic carbocycles. The second-order valence-electron chi connectivity index (χ2n) is 7.84. The third-order valence-corrected chi connectivity index (χ3v) is 7.47. The lowest BCUT2D eigenvalue weighted by Gasteiger charge is -2.40. The minimum absolute atomic E-state index is 0.0487. The summed E-state index contributed by atoms with van der Waals surface area (Å²) in [5, 5.41) is 8.00. The maximum Gasteiger partial charge on any atom is 0.304 e. The fourth-order valence-electron chi connectivity index (χ4n) is 4.32. The molecule has 1 amide bonds. The number of amides is 1. The van der Waals surface area contributed by atoms with Crippen molar-refractivity contribution in [1.29, 1.82) is 0 Å². The Labute approximate surface area is 159 Å². The van der Waals surface area contributed by atoms with Crippen LogP contribution in [0.5, 0.6) is 5.75 Å². The predicted molar refractivity (Wildman–Crippen MR) is 98.6 cm³/mol. The Hall–Kier alpha value is -1.74. The fraction of sp³-hybridized carbons (Fsp3) is 0.722. The first-order valence-corrected chi connectivity index (χ1v) is 11.2. The number of ether oxygens (including phenoxy) is 1. The van der Waals surface area contributed by atoms with E-state index >= 15 is 0 Å². The van der Waals surface area contributed by atoms with Gasteiger partial charge in [0.05, 0.1) is 7.11 Å². The standard InChI is InChI=1S/C18H26N4O4S/c1-26-16-10-15(19-20-17(16)13-6-7-13)18(23)21-27(24,25)22-9-8-12-4-2-3-5-14(12)11-22/h10,12-14H,2-9,11H2,1H3,(H,21,23). The topological polar surface area (TPSA) is 101 Å². The highest BCUT2D eigenvalue weighted by Crippen LogP contribution is 2.42. The molecule has 2 saturated carbocycles. The van der Waals surface area contributed by atoms with Crippen LogP contribution < -0.4 is 9.46 Å². The molecule has 8 nitrogen and oxygen atoms in total. The summed E-state index contributed by atoms with van der Waals surface area (Å²) in [6.45, 7) is 0.947. The van der Waals surface area contributed by atoms with Crippen LogP contribution in [-0.4, -0.2) is 49.0 Å². The number of nitrogens with zero attached hydrogens (tertiary/aromatic N) is 3. The van der Waals surface area contributed by atoms with Gasteiger partial charge in [-0.15, -0.1) is 5.10 Å². The average Bonchev–Trinajstić information content (AvgIpc) is 3.52. The van der Waals surface area contributed by atoms with Gasteiger partial charge in [0.25, 0.3) is 5.91 Å². The average molecular weight is 394 g/mol. The lowest BCUT2D eigenvalue weighted by atomic mass is 9.76. The fourth-order valence-corrected chi connectivity index (χ4v) is 5.52. The van der Waals surface area contributed by atoms with Crippen molar-refractivity contribution in [2.75, 3.05) is 20.2 Å². The van der Waals surface area contributed by atoms with Gasteiger partial charge in [-0.05, 0) is 37.5 Å². The monoisotopic (exact) mass is 394 g/mol. The smallest absolute Gasteiger partial charge is 0.304 e. The highest BCUT2D eigenvalue weighted by molar-refractivity contribution is 7.87. The number of piperidine rings is 1. The van der Waals surface area contributed by atoms with Gasteiger partial charge < -0.3 is 4.74 Å². The summed E-state index contributed by atoms with van der Waals surface area (Å²) in [7, 11) is -2.38. The first-order valence-electron chi connectivity index (χ1n) is 9.72. The van der Waals surface area contributed by atoms with E-state index in [2.05, 4.69) is 14.9 Å². The number of methoxy groups -OCH3 is 1. The van der Waals surface area contributed by atoms with Gasteiger partial charge in [-0.25, -0.2) is 4.72 Å². The summed E-state index contributed by atoms with van der Waals surface area (Å²) in [4.78, 5) is 12.5. The second-order valence-corrected chi connectivity index (χ2v) is 9.52. The zero-order chi connectivity index (χ0) is 19.0. The van der Waals surface area contributed by atoms with Gasteiger partial charge in [0, 0.05) is 25.1 Å². The molecule has 2 atom stereocenters. The second kappa shape index (κ2) is 7.35. The van der Waals surface area contributed by atoms with E-state index in [4.69, 9.17) is 4.74 Å². The summed E-state index contributed by atoms with van der Waals surface area (Å²) in [6, 6.07) is 1.47. The molecule has 3 fully saturated rings. The van der Waals surface area contributed by atoms with Crippen LogP contribution in [0.25, 0.3) is 0 Å². The maximum absolute atomic E-state index is 12.7. The molecule has 1 saturated heterocycles. The van der Waals surface area contributed by atoms with Crippen LogP contribution in [0.3, 0.4) is 0 Å². The summed E-state index contributed by atoms with van der Waals surface area (Å²) in [5.41, 5.74) is 0.684. The minimum atomic E-state index is -3.89. The maximum atomic E-state index is 12.7. The van der Waals surface area contributed by atoms with Gasteiger partial charge in [-0.1, -0.05) is 19.3 Å². The summed E-state index contributed by atoms with van der Waals surface area (Å²) in [5.74, 6) is 1.06. The molecule has 2 unspecified atom stereocenters. The van der Waals surface area contributed by atoms with E-state index in [-0.39, 0.29) is 5.69 Å². The Kier molecular flexibility index (Phi) is 5.07. The van der Waals surface area contributed by atoms with Crippen LogP contribution in [0, 0.1) is 11.8 Å². The van der Waals surface area contributed by atoms with E-state index in [0.717, 1.165) is 37.8 Å². The van der Waals surface area contributed by atoms with Gasteiger partial charge in [-0.2, -0.15) is 17.8 Å². The summed E-state index contributed by atoms with van der Waals surface area (Å²) < 4.78 is 34.3. The van der Waals surface area contributed by atoms with Crippen molar-refractivity contribution in [2.45, 2.75) is 50.9 Å². The van der Waals surface area contributed by atoms with Crippen molar-refractivity contribution < 1.29 is 17.9 Å². The highest BCUT2D eigenvalue weighted by Gasteiger charge is 2.37. The first-order chi connectivity index (χ1) is 13.0. The van der Waals surface area contributed by atoms with Crippen LogP contribution in [0.15, 0.2) is 6.07 Å². The van der Waals surface area contributed by atoms with Gasteiger partial charge >= 0.3 is 10.2 Å². The number of fused-ring (bicyclic) bond motifs is 1. The Bertz CT molecular complexity index is 825. The molecule has 148 valence electrons. The number of hydrogen-bond donors (Lipinski definition) is 1. The van der Waals surface area contributed by atoms with Crippen molar-refractivity contribution in [2.24, 2.45) is 11.8 Å². The Balaban J connectivity index is 1.45. The predicted octanol–water partition coefficient (Wildman–Crippen LogP) is 1.85. The lowest BCUT2D eigenvalue weighted by Crippen LogP contribution is -2.50. The highest BCUT2D eigenvalue weighted by atomic mass is 32.2. The van der Waals surface area contributed by atoms with Crippen molar-refractivity contribution in [3.05, 3.63) is 17.5 Å². The summed E-state index contributed by atoms with van der Waals surface area (Å²) >= 11 is 0. The molecule has 0 spiro atoms. The molecule has 27 heavy (non-hydrogen) atoms. The Morgan fingerprint density at radius 3 is 2.59 bits per heavy atom. The first kappa shape index (κ1) is 18.6. The van der Waals surface area contributed by atoms with E-state index in [9.17, 15) is 13.2 Å². The van der Waals surface area contributed by atoms with Crippen LogP contribution in [0.1, 0.15) is 67.0 Å². The Morgan fingerprint density at radius 1 is 1.15 bits per heavy atom. The SMILES string of the molecule is COc1cc(C(=O)NS(=O)(=O)N2CCC3CCCCC3C2)nnc1C1CC1. The number of carbonyl (C=O) groups is 1. The molecule has 4 rings (SSSR count). The van der Waals surface area contributed by atoms with Gasteiger partial charge in [0.15, 0.2) is 5.69 Å². The van der Waals surface area contributed by atoms with E-state index in [0.29, 0.717) is 36.6 Å².